The SMILES string of the molecule is Cc1cc2cnc(C(F)(F)F)cc2s1. The lowest BCUT2D eigenvalue weighted by Crippen LogP contribution is -2.06. The first-order chi connectivity index (χ1) is 6.47. The van der Waals surface area contributed by atoms with Crippen molar-refractivity contribution in [2.24, 2.45) is 0 Å². The van der Waals surface area contributed by atoms with Crippen LogP contribution in [0.5, 0.6) is 0 Å². The van der Waals surface area contributed by atoms with Crippen molar-refractivity contribution >= 4 is 21.4 Å². The molecule has 0 fully saturated rings. The van der Waals surface area contributed by atoms with Gasteiger partial charge in [-0.25, -0.2) is 0 Å². The van der Waals surface area contributed by atoms with Crippen molar-refractivity contribution < 1.29 is 13.2 Å². The van der Waals surface area contributed by atoms with Crippen molar-refractivity contribution in [1.29, 1.82) is 0 Å². The van der Waals surface area contributed by atoms with E-state index in [0.717, 1.165) is 16.3 Å². The maximum atomic E-state index is 12.3. The van der Waals surface area contributed by atoms with E-state index in [1.165, 1.54) is 17.5 Å². The van der Waals surface area contributed by atoms with Gasteiger partial charge in [0.15, 0.2) is 0 Å². The summed E-state index contributed by atoms with van der Waals surface area (Å²) in [5.74, 6) is 0. The van der Waals surface area contributed by atoms with Crippen LogP contribution in [0.1, 0.15) is 10.6 Å². The number of hydrogen-bond acceptors (Lipinski definition) is 2. The van der Waals surface area contributed by atoms with Gasteiger partial charge in [0.05, 0.1) is 0 Å². The van der Waals surface area contributed by atoms with Gasteiger partial charge < -0.3 is 0 Å². The molecule has 2 aromatic rings. The van der Waals surface area contributed by atoms with Gasteiger partial charge >= 0.3 is 6.18 Å². The highest BCUT2D eigenvalue weighted by Gasteiger charge is 2.32. The average Bonchev–Trinajstić information content (AvgIpc) is 2.41. The van der Waals surface area contributed by atoms with Crippen molar-refractivity contribution in [2.75, 3.05) is 0 Å². The van der Waals surface area contributed by atoms with Crippen LogP contribution in [0.2, 0.25) is 0 Å². The Morgan fingerprint density at radius 1 is 1.29 bits per heavy atom. The van der Waals surface area contributed by atoms with E-state index >= 15 is 0 Å². The number of halogens is 3. The van der Waals surface area contributed by atoms with E-state index < -0.39 is 11.9 Å². The predicted molar refractivity (Wildman–Crippen MR) is 49.4 cm³/mol. The van der Waals surface area contributed by atoms with Gasteiger partial charge in [0.2, 0.25) is 0 Å². The zero-order valence-electron chi connectivity index (χ0n) is 7.22. The number of nitrogens with zero attached hydrogens (tertiary/aromatic N) is 1. The number of pyridine rings is 1. The summed E-state index contributed by atoms with van der Waals surface area (Å²) in [4.78, 5) is 4.36. The maximum Gasteiger partial charge on any atom is 0.433 e. The molecule has 0 bridgehead atoms. The van der Waals surface area contributed by atoms with E-state index in [1.54, 1.807) is 0 Å². The number of aromatic nitrogens is 1. The molecule has 74 valence electrons. The fourth-order valence-corrected chi connectivity index (χ4v) is 2.15. The molecule has 5 heteroatoms. The van der Waals surface area contributed by atoms with Crippen molar-refractivity contribution in [1.82, 2.24) is 4.98 Å². The number of thiophene rings is 1. The predicted octanol–water partition coefficient (Wildman–Crippen LogP) is 3.62. The van der Waals surface area contributed by atoms with Gasteiger partial charge in [0.1, 0.15) is 5.69 Å². The summed E-state index contributed by atoms with van der Waals surface area (Å²) in [5, 5.41) is 0.764. The second kappa shape index (κ2) is 2.95. The third-order valence-corrected chi connectivity index (χ3v) is 2.83. The summed E-state index contributed by atoms with van der Waals surface area (Å²) in [5.41, 5.74) is -0.827. The quantitative estimate of drug-likeness (QED) is 0.656. The molecule has 0 unspecified atom stereocenters. The molecule has 0 aliphatic carbocycles. The minimum Gasteiger partial charge on any atom is -0.251 e. The normalized spacial score (nSPS) is 12.3. The Hall–Kier alpha value is -1.10. The standard InChI is InChI=1S/C9H6F3NS/c1-5-2-6-4-13-8(9(10,11)12)3-7(6)14-5/h2-4H,1H3. The van der Waals surface area contributed by atoms with E-state index in [0.29, 0.717) is 4.70 Å². The lowest BCUT2D eigenvalue weighted by molar-refractivity contribution is -0.141. The van der Waals surface area contributed by atoms with Crippen LogP contribution < -0.4 is 0 Å². The molecule has 2 rings (SSSR count). The molecule has 14 heavy (non-hydrogen) atoms. The molecule has 0 amide bonds. The van der Waals surface area contributed by atoms with Crippen molar-refractivity contribution in [2.45, 2.75) is 13.1 Å². The molecule has 2 aromatic heterocycles. The monoisotopic (exact) mass is 217 g/mol. The van der Waals surface area contributed by atoms with Gasteiger partial charge in [-0.3, -0.25) is 4.98 Å². The third kappa shape index (κ3) is 1.59. The van der Waals surface area contributed by atoms with Crippen LogP contribution in [0, 0.1) is 6.92 Å². The zero-order valence-corrected chi connectivity index (χ0v) is 8.04. The van der Waals surface area contributed by atoms with Crippen LogP contribution in [-0.4, -0.2) is 4.98 Å². The van der Waals surface area contributed by atoms with E-state index in [2.05, 4.69) is 4.98 Å². The third-order valence-electron chi connectivity index (χ3n) is 1.82. The molecule has 0 N–H and O–H groups in total. The average molecular weight is 217 g/mol. The van der Waals surface area contributed by atoms with Gasteiger partial charge in [-0.05, 0) is 19.1 Å². The zero-order chi connectivity index (χ0) is 10.3. The topological polar surface area (TPSA) is 12.9 Å². The number of rotatable bonds is 0. The summed E-state index contributed by atoms with van der Waals surface area (Å²) in [6, 6.07) is 2.92. The fourth-order valence-electron chi connectivity index (χ4n) is 1.22. The smallest absolute Gasteiger partial charge is 0.251 e. The number of aryl methyl sites for hydroxylation is 1. The lowest BCUT2D eigenvalue weighted by atomic mass is 10.3. The summed E-state index contributed by atoms with van der Waals surface area (Å²) in [7, 11) is 0. The van der Waals surface area contributed by atoms with E-state index in [4.69, 9.17) is 0 Å². The summed E-state index contributed by atoms with van der Waals surface area (Å²) >= 11 is 1.34. The molecule has 0 saturated carbocycles. The highest BCUT2D eigenvalue weighted by atomic mass is 32.1. The Bertz CT molecular complexity index is 472. The van der Waals surface area contributed by atoms with Crippen molar-refractivity contribution in [3.8, 4) is 0 Å². The molecule has 0 aliphatic rings. The molecule has 0 aromatic carbocycles. The van der Waals surface area contributed by atoms with Gasteiger partial charge in [-0.2, -0.15) is 13.2 Å². The molecule has 0 saturated heterocycles. The Kier molecular flexibility index (Phi) is 1.99. The first-order valence-corrected chi connectivity index (χ1v) is 4.72. The van der Waals surface area contributed by atoms with Gasteiger partial charge in [-0.1, -0.05) is 0 Å². The Balaban J connectivity index is 2.62. The van der Waals surface area contributed by atoms with Crippen LogP contribution >= 0.6 is 11.3 Å². The molecular formula is C9H6F3NS. The molecule has 0 atom stereocenters. The van der Waals surface area contributed by atoms with Crippen LogP contribution in [0.3, 0.4) is 0 Å². The van der Waals surface area contributed by atoms with Crippen LogP contribution in [0.15, 0.2) is 18.3 Å². The van der Waals surface area contributed by atoms with E-state index in [9.17, 15) is 13.2 Å². The van der Waals surface area contributed by atoms with Gasteiger partial charge in [0.25, 0.3) is 0 Å². The molecular weight excluding hydrogens is 211 g/mol. The highest BCUT2D eigenvalue weighted by molar-refractivity contribution is 7.19. The Morgan fingerprint density at radius 2 is 2.00 bits per heavy atom. The Labute approximate surface area is 82.2 Å². The maximum absolute atomic E-state index is 12.3. The van der Waals surface area contributed by atoms with Crippen LogP contribution in [-0.2, 0) is 6.18 Å². The summed E-state index contributed by atoms with van der Waals surface area (Å²) in [6.45, 7) is 1.86. The first kappa shape index (κ1) is 9.45. The second-order valence-corrected chi connectivity index (χ2v) is 4.25. The van der Waals surface area contributed by atoms with Crippen molar-refractivity contribution in [3.63, 3.8) is 0 Å². The van der Waals surface area contributed by atoms with E-state index in [1.807, 2.05) is 13.0 Å². The number of fused-ring (bicyclic) bond motifs is 1. The van der Waals surface area contributed by atoms with E-state index in [-0.39, 0.29) is 0 Å². The van der Waals surface area contributed by atoms with Gasteiger partial charge in [0, 0.05) is 21.2 Å². The van der Waals surface area contributed by atoms with Crippen molar-refractivity contribution in [3.05, 3.63) is 28.9 Å². The molecule has 0 aliphatic heterocycles. The van der Waals surface area contributed by atoms with Gasteiger partial charge in [-0.15, -0.1) is 11.3 Å². The largest absolute Gasteiger partial charge is 0.433 e. The summed E-state index contributed by atoms with van der Waals surface area (Å²) in [6.07, 6.45) is -3.09. The Morgan fingerprint density at radius 3 is 2.64 bits per heavy atom. The molecule has 0 spiro atoms. The number of hydrogen-bond donors (Lipinski definition) is 0. The lowest BCUT2D eigenvalue weighted by Gasteiger charge is -2.04. The highest BCUT2D eigenvalue weighted by Crippen LogP contribution is 2.32. The molecule has 1 nitrogen and oxygen atoms in total. The fraction of sp³-hybridized carbons (Fsp3) is 0.222. The number of alkyl halides is 3. The molecule has 0 radical (unpaired) electrons. The summed E-state index contributed by atoms with van der Waals surface area (Å²) < 4.78 is 37.4. The minimum atomic E-state index is -4.36. The first-order valence-electron chi connectivity index (χ1n) is 3.90. The van der Waals surface area contributed by atoms with Crippen LogP contribution in [0.4, 0.5) is 13.2 Å². The molecule has 2 heterocycles. The minimum absolute atomic E-state index is 0.629. The van der Waals surface area contributed by atoms with Crippen LogP contribution in [0.25, 0.3) is 10.1 Å². The second-order valence-electron chi connectivity index (χ2n) is 2.96.